The Kier molecular flexibility index (Phi) is 4.14. The van der Waals surface area contributed by atoms with Crippen LogP contribution in [0.3, 0.4) is 0 Å². The highest BCUT2D eigenvalue weighted by Gasteiger charge is 2.09. The van der Waals surface area contributed by atoms with E-state index in [1.54, 1.807) is 18.2 Å². The number of amides is 1. The number of fused-ring (bicyclic) bond motifs is 1. The monoisotopic (exact) mass is 311 g/mol. The maximum atomic E-state index is 12.2. The van der Waals surface area contributed by atoms with Crippen molar-refractivity contribution < 1.29 is 9.53 Å². The summed E-state index contributed by atoms with van der Waals surface area (Å²) in [6.07, 6.45) is 0.212. The van der Waals surface area contributed by atoms with E-state index in [-0.39, 0.29) is 18.0 Å². The van der Waals surface area contributed by atoms with Crippen LogP contribution in [0.25, 0.3) is 11.0 Å². The molecule has 0 fully saturated rings. The lowest BCUT2D eigenvalue weighted by Gasteiger charge is -2.11. The molecule has 0 spiro atoms. The van der Waals surface area contributed by atoms with Gasteiger partial charge in [-0.15, -0.1) is 0 Å². The number of H-pyrrole nitrogens is 2. The van der Waals surface area contributed by atoms with Gasteiger partial charge in [0, 0.05) is 0 Å². The molecular formula is C17H17N3O3. The average molecular weight is 311 g/mol. The van der Waals surface area contributed by atoms with Crippen LogP contribution in [0.15, 0.2) is 47.3 Å². The summed E-state index contributed by atoms with van der Waals surface area (Å²) in [5.41, 5.74) is 2.62. The summed E-state index contributed by atoms with van der Waals surface area (Å²) < 4.78 is 5.49. The molecule has 0 bridgehead atoms. The van der Waals surface area contributed by atoms with Crippen molar-refractivity contribution in [3.8, 4) is 5.75 Å². The van der Waals surface area contributed by atoms with E-state index in [0.717, 1.165) is 11.1 Å². The molecule has 118 valence electrons. The maximum absolute atomic E-state index is 12.2. The van der Waals surface area contributed by atoms with E-state index in [1.165, 1.54) is 0 Å². The first-order valence-electron chi connectivity index (χ1n) is 7.38. The van der Waals surface area contributed by atoms with Gasteiger partial charge in [0.15, 0.2) is 0 Å². The van der Waals surface area contributed by atoms with Gasteiger partial charge in [0.2, 0.25) is 5.91 Å². The van der Waals surface area contributed by atoms with Gasteiger partial charge < -0.3 is 20.0 Å². The Hall–Kier alpha value is -3.02. The summed E-state index contributed by atoms with van der Waals surface area (Å²) >= 11 is 0. The Morgan fingerprint density at radius 2 is 1.91 bits per heavy atom. The van der Waals surface area contributed by atoms with Crippen molar-refractivity contribution in [1.82, 2.24) is 9.97 Å². The van der Waals surface area contributed by atoms with E-state index in [4.69, 9.17) is 4.74 Å². The second kappa shape index (κ2) is 6.39. The zero-order chi connectivity index (χ0) is 16.2. The zero-order valence-corrected chi connectivity index (χ0v) is 12.7. The van der Waals surface area contributed by atoms with Gasteiger partial charge in [-0.3, -0.25) is 4.79 Å². The summed E-state index contributed by atoms with van der Waals surface area (Å²) in [5.74, 6) is 0.503. The lowest BCUT2D eigenvalue weighted by Crippen LogP contribution is -2.15. The van der Waals surface area contributed by atoms with Crippen LogP contribution in [0.2, 0.25) is 0 Å². The maximum Gasteiger partial charge on any atom is 0.323 e. The minimum absolute atomic E-state index is 0.144. The molecule has 23 heavy (non-hydrogen) atoms. The standard InChI is InChI=1S/C17H17N3O3/c1-2-23-15-6-4-3-5-13(15)18-16(21)10-11-7-8-12-14(9-11)20-17(22)19-12/h3-9H,2,10H2,1H3,(H,18,21)(H2,19,20,22). The Morgan fingerprint density at radius 1 is 1.13 bits per heavy atom. The number of para-hydroxylation sites is 2. The molecule has 3 N–H and O–H groups in total. The van der Waals surface area contributed by atoms with Crippen LogP contribution in [-0.4, -0.2) is 22.5 Å². The molecule has 2 aromatic carbocycles. The molecule has 1 amide bonds. The van der Waals surface area contributed by atoms with Gasteiger partial charge in [-0.1, -0.05) is 18.2 Å². The van der Waals surface area contributed by atoms with E-state index in [2.05, 4.69) is 15.3 Å². The molecular weight excluding hydrogens is 294 g/mol. The Balaban J connectivity index is 1.74. The van der Waals surface area contributed by atoms with Crippen molar-refractivity contribution in [3.63, 3.8) is 0 Å². The van der Waals surface area contributed by atoms with E-state index in [0.29, 0.717) is 23.6 Å². The molecule has 3 aromatic rings. The molecule has 0 aliphatic heterocycles. The number of rotatable bonds is 5. The summed E-state index contributed by atoms with van der Waals surface area (Å²) in [7, 11) is 0. The van der Waals surface area contributed by atoms with Crippen molar-refractivity contribution >= 4 is 22.6 Å². The van der Waals surface area contributed by atoms with Crippen LogP contribution < -0.4 is 15.7 Å². The third-order valence-electron chi connectivity index (χ3n) is 3.41. The third-order valence-corrected chi connectivity index (χ3v) is 3.41. The lowest BCUT2D eigenvalue weighted by atomic mass is 10.1. The van der Waals surface area contributed by atoms with Gasteiger partial charge >= 0.3 is 5.69 Å². The molecule has 6 nitrogen and oxygen atoms in total. The summed E-state index contributed by atoms with van der Waals surface area (Å²) in [5, 5.41) is 2.85. The topological polar surface area (TPSA) is 87.0 Å². The van der Waals surface area contributed by atoms with Crippen molar-refractivity contribution in [1.29, 1.82) is 0 Å². The smallest absolute Gasteiger partial charge is 0.323 e. The van der Waals surface area contributed by atoms with E-state index < -0.39 is 0 Å². The Morgan fingerprint density at radius 3 is 2.74 bits per heavy atom. The highest BCUT2D eigenvalue weighted by Crippen LogP contribution is 2.23. The highest BCUT2D eigenvalue weighted by molar-refractivity contribution is 5.94. The van der Waals surface area contributed by atoms with Crippen molar-refractivity contribution in [2.24, 2.45) is 0 Å². The molecule has 0 unspecified atom stereocenters. The first-order valence-corrected chi connectivity index (χ1v) is 7.38. The number of carbonyl (C=O) groups is 1. The van der Waals surface area contributed by atoms with Crippen LogP contribution in [0, 0.1) is 0 Å². The number of carbonyl (C=O) groups excluding carboxylic acids is 1. The number of aromatic amines is 2. The van der Waals surface area contributed by atoms with E-state index in [9.17, 15) is 9.59 Å². The fourth-order valence-electron chi connectivity index (χ4n) is 2.42. The van der Waals surface area contributed by atoms with E-state index >= 15 is 0 Å². The van der Waals surface area contributed by atoms with Gasteiger partial charge in [0.05, 0.1) is 29.7 Å². The Labute approximate surface area is 132 Å². The zero-order valence-electron chi connectivity index (χ0n) is 12.7. The van der Waals surface area contributed by atoms with Crippen molar-refractivity contribution in [3.05, 3.63) is 58.5 Å². The molecule has 0 radical (unpaired) electrons. The Bertz CT molecular complexity index is 895. The summed E-state index contributed by atoms with van der Waals surface area (Å²) in [4.78, 5) is 28.8. The minimum Gasteiger partial charge on any atom is -0.492 e. The van der Waals surface area contributed by atoms with Crippen LogP contribution >= 0.6 is 0 Å². The predicted octanol–water partition coefficient (Wildman–Crippen LogP) is 2.44. The largest absolute Gasteiger partial charge is 0.492 e. The number of imidazole rings is 1. The van der Waals surface area contributed by atoms with Crippen LogP contribution in [-0.2, 0) is 11.2 Å². The van der Waals surface area contributed by atoms with Gasteiger partial charge in [0.1, 0.15) is 5.75 Å². The normalized spacial score (nSPS) is 10.7. The van der Waals surface area contributed by atoms with Crippen LogP contribution in [0.5, 0.6) is 5.75 Å². The second-order valence-electron chi connectivity index (χ2n) is 5.11. The first-order chi connectivity index (χ1) is 11.2. The van der Waals surface area contributed by atoms with Crippen LogP contribution in [0.1, 0.15) is 12.5 Å². The van der Waals surface area contributed by atoms with E-state index in [1.807, 2.05) is 31.2 Å². The second-order valence-corrected chi connectivity index (χ2v) is 5.11. The number of anilines is 1. The number of benzene rings is 2. The van der Waals surface area contributed by atoms with Crippen LogP contribution in [0.4, 0.5) is 5.69 Å². The first kappa shape index (κ1) is 14.9. The average Bonchev–Trinajstić information content (AvgIpc) is 2.89. The molecule has 0 saturated heterocycles. The number of hydrogen-bond acceptors (Lipinski definition) is 3. The molecule has 0 aliphatic carbocycles. The summed E-state index contributed by atoms with van der Waals surface area (Å²) in [6.45, 7) is 2.43. The van der Waals surface area contributed by atoms with Crippen molar-refractivity contribution in [2.45, 2.75) is 13.3 Å². The number of aromatic nitrogens is 2. The lowest BCUT2D eigenvalue weighted by molar-refractivity contribution is -0.115. The van der Waals surface area contributed by atoms with Gasteiger partial charge in [-0.05, 0) is 36.8 Å². The number of ether oxygens (including phenoxy) is 1. The molecule has 3 rings (SSSR count). The van der Waals surface area contributed by atoms with Crippen molar-refractivity contribution in [2.75, 3.05) is 11.9 Å². The molecule has 0 saturated carbocycles. The molecule has 1 heterocycles. The van der Waals surface area contributed by atoms with Gasteiger partial charge in [-0.2, -0.15) is 0 Å². The van der Waals surface area contributed by atoms with Gasteiger partial charge in [-0.25, -0.2) is 4.79 Å². The quantitative estimate of drug-likeness (QED) is 0.676. The minimum atomic E-state index is -0.257. The number of nitrogens with one attached hydrogen (secondary N) is 3. The molecule has 0 atom stereocenters. The molecule has 1 aromatic heterocycles. The number of hydrogen-bond donors (Lipinski definition) is 3. The summed E-state index contributed by atoms with van der Waals surface area (Å²) in [6, 6.07) is 12.7. The molecule has 6 heteroatoms. The molecule has 0 aliphatic rings. The fourth-order valence-corrected chi connectivity index (χ4v) is 2.42. The predicted molar refractivity (Wildman–Crippen MR) is 88.9 cm³/mol. The highest BCUT2D eigenvalue weighted by atomic mass is 16.5. The van der Waals surface area contributed by atoms with Gasteiger partial charge in [0.25, 0.3) is 0 Å². The third kappa shape index (κ3) is 3.42. The fraction of sp³-hybridized carbons (Fsp3) is 0.176. The SMILES string of the molecule is CCOc1ccccc1NC(=O)Cc1ccc2[nH]c(=O)[nH]c2c1.